The molecule has 3 atom stereocenters. The fourth-order valence-electron chi connectivity index (χ4n) is 5.14. The Kier molecular flexibility index (Phi) is 4.97. The predicted molar refractivity (Wildman–Crippen MR) is 102 cm³/mol. The SMILES string of the molecule is Cc1c(F)c(C(=O)CN2C3CCC2C(C(F)(F)F)C3)c(C)n1-c1ccc(C#N)cc1. The fraction of sp³-hybridized carbons (Fsp3) is 0.455. The van der Waals surface area contributed by atoms with Crippen molar-refractivity contribution in [1.82, 2.24) is 9.47 Å². The lowest BCUT2D eigenvalue weighted by Crippen LogP contribution is -2.39. The van der Waals surface area contributed by atoms with E-state index in [0.717, 1.165) is 0 Å². The molecule has 0 radical (unpaired) electrons. The number of carbonyl (C=O) groups is 1. The van der Waals surface area contributed by atoms with Gasteiger partial charge in [0, 0.05) is 23.5 Å². The number of aromatic nitrogens is 1. The molecule has 8 heteroatoms. The van der Waals surface area contributed by atoms with Crippen LogP contribution in [0.4, 0.5) is 17.6 Å². The highest BCUT2D eigenvalue weighted by molar-refractivity contribution is 5.99. The first-order valence-corrected chi connectivity index (χ1v) is 9.87. The van der Waals surface area contributed by atoms with Gasteiger partial charge in [-0.05, 0) is 57.4 Å². The van der Waals surface area contributed by atoms with Crippen LogP contribution < -0.4 is 0 Å². The Labute approximate surface area is 171 Å². The van der Waals surface area contributed by atoms with Gasteiger partial charge in [0.2, 0.25) is 0 Å². The second-order valence-electron chi connectivity index (χ2n) is 8.13. The van der Waals surface area contributed by atoms with E-state index in [1.165, 1.54) is 0 Å². The van der Waals surface area contributed by atoms with Crippen molar-refractivity contribution < 1.29 is 22.4 Å². The predicted octanol–water partition coefficient (Wildman–Crippen LogP) is 4.70. The monoisotopic (exact) mass is 419 g/mol. The van der Waals surface area contributed by atoms with Gasteiger partial charge < -0.3 is 4.57 Å². The molecule has 0 N–H and O–H groups in total. The van der Waals surface area contributed by atoms with Gasteiger partial charge >= 0.3 is 6.18 Å². The summed E-state index contributed by atoms with van der Waals surface area (Å²) in [5.41, 5.74) is 1.64. The first-order valence-electron chi connectivity index (χ1n) is 9.87. The molecule has 2 aromatic rings. The van der Waals surface area contributed by atoms with Gasteiger partial charge in [-0.25, -0.2) is 4.39 Å². The van der Waals surface area contributed by atoms with Crippen molar-refractivity contribution in [2.75, 3.05) is 6.54 Å². The Bertz CT molecular complexity index is 1030. The number of ketones is 1. The van der Waals surface area contributed by atoms with E-state index in [-0.39, 0.29) is 30.3 Å². The lowest BCUT2D eigenvalue weighted by atomic mass is 9.89. The van der Waals surface area contributed by atoms with Crippen LogP contribution >= 0.6 is 0 Å². The Morgan fingerprint density at radius 1 is 1.17 bits per heavy atom. The van der Waals surface area contributed by atoms with Crippen molar-refractivity contribution in [2.45, 2.75) is 51.4 Å². The number of carbonyl (C=O) groups excluding carboxylic acids is 1. The van der Waals surface area contributed by atoms with Gasteiger partial charge in [0.05, 0.1) is 35.4 Å². The van der Waals surface area contributed by atoms with E-state index in [1.54, 1.807) is 47.6 Å². The van der Waals surface area contributed by atoms with Crippen molar-refractivity contribution in [2.24, 2.45) is 5.92 Å². The smallest absolute Gasteiger partial charge is 0.315 e. The highest BCUT2D eigenvalue weighted by Crippen LogP contribution is 2.48. The number of halogens is 4. The van der Waals surface area contributed by atoms with Crippen LogP contribution in [0.2, 0.25) is 0 Å². The summed E-state index contributed by atoms with van der Waals surface area (Å²) in [5, 5.41) is 8.95. The molecular weight excluding hydrogens is 398 g/mol. The number of nitriles is 1. The molecular formula is C22H21F4N3O. The van der Waals surface area contributed by atoms with E-state index in [4.69, 9.17) is 5.26 Å². The zero-order valence-electron chi connectivity index (χ0n) is 16.6. The van der Waals surface area contributed by atoms with Gasteiger partial charge in [0.1, 0.15) is 0 Å². The second kappa shape index (κ2) is 7.24. The molecule has 158 valence electrons. The first kappa shape index (κ1) is 20.6. The third kappa shape index (κ3) is 3.21. The van der Waals surface area contributed by atoms with E-state index < -0.39 is 29.7 Å². The van der Waals surface area contributed by atoms with E-state index in [2.05, 4.69) is 0 Å². The number of hydrogen-bond acceptors (Lipinski definition) is 3. The van der Waals surface area contributed by atoms with E-state index in [0.29, 0.717) is 29.8 Å². The molecule has 2 bridgehead atoms. The van der Waals surface area contributed by atoms with Crippen molar-refractivity contribution >= 4 is 5.78 Å². The molecule has 0 spiro atoms. The average Bonchev–Trinajstić information content (AvgIpc) is 3.31. The summed E-state index contributed by atoms with van der Waals surface area (Å²) < 4.78 is 56.5. The first-order chi connectivity index (χ1) is 14.1. The minimum Gasteiger partial charge on any atom is -0.315 e. The van der Waals surface area contributed by atoms with Gasteiger partial charge in [-0.2, -0.15) is 18.4 Å². The van der Waals surface area contributed by atoms with Crippen LogP contribution in [0.1, 0.15) is 46.6 Å². The number of Topliss-reactive ketones (excluding diaryl/α,β-unsaturated/α-hetero) is 1. The molecule has 2 aliphatic rings. The molecule has 2 saturated heterocycles. The van der Waals surface area contributed by atoms with Crippen LogP contribution in [0.5, 0.6) is 0 Å². The largest absolute Gasteiger partial charge is 0.393 e. The lowest BCUT2D eigenvalue weighted by Gasteiger charge is -2.25. The third-order valence-electron chi connectivity index (χ3n) is 6.53. The lowest BCUT2D eigenvalue weighted by molar-refractivity contribution is -0.181. The second-order valence-corrected chi connectivity index (χ2v) is 8.13. The Morgan fingerprint density at radius 2 is 1.83 bits per heavy atom. The number of nitrogens with zero attached hydrogens (tertiary/aromatic N) is 3. The maximum atomic E-state index is 15.0. The highest BCUT2D eigenvalue weighted by Gasteiger charge is 2.57. The number of hydrogen-bond donors (Lipinski definition) is 0. The van der Waals surface area contributed by atoms with Crippen molar-refractivity contribution in [1.29, 1.82) is 5.26 Å². The summed E-state index contributed by atoms with van der Waals surface area (Å²) in [6.45, 7) is 2.96. The highest BCUT2D eigenvalue weighted by atomic mass is 19.4. The zero-order valence-corrected chi connectivity index (χ0v) is 16.6. The van der Waals surface area contributed by atoms with E-state index >= 15 is 4.39 Å². The summed E-state index contributed by atoms with van der Waals surface area (Å²) in [5.74, 6) is -2.57. The molecule has 2 fully saturated rings. The minimum atomic E-state index is -4.28. The number of rotatable bonds is 4. The molecule has 4 rings (SSSR count). The van der Waals surface area contributed by atoms with Crippen molar-refractivity contribution in [3.05, 3.63) is 52.6 Å². The molecule has 2 aliphatic heterocycles. The van der Waals surface area contributed by atoms with Crippen LogP contribution in [0.15, 0.2) is 24.3 Å². The minimum absolute atomic E-state index is 0.00813. The Balaban J connectivity index is 1.62. The molecule has 0 saturated carbocycles. The summed E-state index contributed by atoms with van der Waals surface area (Å²) in [6, 6.07) is 7.57. The molecule has 4 nitrogen and oxygen atoms in total. The summed E-state index contributed by atoms with van der Waals surface area (Å²) >= 11 is 0. The van der Waals surface area contributed by atoms with E-state index in [1.807, 2.05) is 6.07 Å². The quantitative estimate of drug-likeness (QED) is 0.533. The molecule has 30 heavy (non-hydrogen) atoms. The zero-order chi connectivity index (χ0) is 21.8. The van der Waals surface area contributed by atoms with Gasteiger partial charge in [-0.3, -0.25) is 9.69 Å². The summed E-state index contributed by atoms with van der Waals surface area (Å²) in [4.78, 5) is 14.6. The topological polar surface area (TPSA) is 49.0 Å². The molecule has 0 amide bonds. The normalized spacial score (nSPS) is 23.7. The average molecular weight is 419 g/mol. The third-order valence-corrected chi connectivity index (χ3v) is 6.53. The van der Waals surface area contributed by atoms with Gasteiger partial charge in [0.25, 0.3) is 0 Å². The summed E-state index contributed by atoms with van der Waals surface area (Å²) in [7, 11) is 0. The van der Waals surface area contributed by atoms with Crippen molar-refractivity contribution in [3.63, 3.8) is 0 Å². The molecule has 1 aromatic heterocycles. The maximum absolute atomic E-state index is 15.0. The Hall–Kier alpha value is -2.66. The summed E-state index contributed by atoms with van der Waals surface area (Å²) in [6.07, 6.45) is -3.22. The standard InChI is InChI=1S/C22H21F4N3O/c1-12-20(21(23)13(2)29(12)15-5-3-14(10-27)4-6-15)19(30)11-28-16-7-8-18(28)17(9-16)22(24,25)26/h3-6,16-18H,7-9,11H2,1-2H3. The van der Waals surface area contributed by atoms with Crippen LogP contribution in [0.25, 0.3) is 5.69 Å². The Morgan fingerprint density at radius 3 is 2.40 bits per heavy atom. The maximum Gasteiger partial charge on any atom is 0.393 e. The molecule has 1 aromatic carbocycles. The van der Waals surface area contributed by atoms with Gasteiger partial charge in [-0.15, -0.1) is 0 Å². The van der Waals surface area contributed by atoms with Crippen LogP contribution in [-0.4, -0.2) is 40.1 Å². The fourth-order valence-corrected chi connectivity index (χ4v) is 5.14. The number of benzene rings is 1. The number of fused-ring (bicyclic) bond motifs is 2. The number of alkyl halides is 3. The van der Waals surface area contributed by atoms with Crippen LogP contribution in [0, 0.1) is 36.9 Å². The van der Waals surface area contributed by atoms with Gasteiger partial charge in [-0.1, -0.05) is 0 Å². The van der Waals surface area contributed by atoms with Crippen LogP contribution in [0.3, 0.4) is 0 Å². The van der Waals surface area contributed by atoms with Crippen molar-refractivity contribution in [3.8, 4) is 11.8 Å². The van der Waals surface area contributed by atoms with Gasteiger partial charge in [0.15, 0.2) is 11.6 Å². The van der Waals surface area contributed by atoms with E-state index in [9.17, 15) is 18.0 Å². The molecule has 3 heterocycles. The molecule has 0 aliphatic carbocycles. The molecule has 3 unspecified atom stereocenters. The van der Waals surface area contributed by atoms with Crippen LogP contribution in [-0.2, 0) is 0 Å².